The molecule has 0 aromatic heterocycles. The highest BCUT2D eigenvalue weighted by Crippen LogP contribution is 2.21. The van der Waals surface area contributed by atoms with Gasteiger partial charge in [-0.15, -0.1) is 0 Å². The minimum Gasteiger partial charge on any atom is -0.484 e. The maximum atomic E-state index is 13.7. The highest BCUT2D eigenvalue weighted by atomic mass is 35.5. The fourth-order valence-corrected chi connectivity index (χ4v) is 4.78. The fraction of sp³-hybridized carbons (Fsp3) is 0.333. The number of carbonyl (C=O) groups is 2. The van der Waals surface area contributed by atoms with Crippen molar-refractivity contribution in [2.75, 3.05) is 6.61 Å². The summed E-state index contributed by atoms with van der Waals surface area (Å²) in [7, 11) is 0. The van der Waals surface area contributed by atoms with Crippen molar-refractivity contribution in [3.8, 4) is 5.75 Å². The van der Waals surface area contributed by atoms with Crippen molar-refractivity contribution in [1.82, 2.24) is 10.2 Å². The van der Waals surface area contributed by atoms with Crippen molar-refractivity contribution >= 4 is 23.4 Å². The average Bonchev–Trinajstić information content (AvgIpc) is 3.40. The number of aryl methyl sites for hydroxylation is 1. The third kappa shape index (κ3) is 7.11. The van der Waals surface area contributed by atoms with Crippen molar-refractivity contribution in [2.24, 2.45) is 0 Å². The van der Waals surface area contributed by atoms with E-state index in [-0.39, 0.29) is 24.5 Å². The van der Waals surface area contributed by atoms with Gasteiger partial charge in [-0.25, -0.2) is 0 Å². The molecule has 2 amide bonds. The minimum absolute atomic E-state index is 0.112. The van der Waals surface area contributed by atoms with E-state index in [1.165, 1.54) is 0 Å². The van der Waals surface area contributed by atoms with Crippen molar-refractivity contribution in [3.05, 3.63) is 101 Å². The maximum Gasteiger partial charge on any atom is 0.261 e. The lowest BCUT2D eigenvalue weighted by Gasteiger charge is -2.32. The van der Waals surface area contributed by atoms with Gasteiger partial charge in [0.1, 0.15) is 11.8 Å². The standard InChI is InChI=1S/C30H33ClN2O3/c1-22-9-5-6-12-24(22)20-33(29(34)21-36-27-17-15-25(31)16-18-27)28(19-23-10-3-2-4-11-23)30(35)32-26-13-7-8-14-26/h2-6,9-12,15-18,26,28H,7-8,13-14,19-21H2,1H3,(H,32,35)/t28-/m0/s1. The number of hydrogen-bond acceptors (Lipinski definition) is 3. The molecule has 3 aromatic carbocycles. The zero-order chi connectivity index (χ0) is 25.3. The first-order chi connectivity index (χ1) is 17.5. The second-order valence-electron chi connectivity index (χ2n) is 9.39. The van der Waals surface area contributed by atoms with E-state index in [2.05, 4.69) is 5.32 Å². The van der Waals surface area contributed by atoms with E-state index in [9.17, 15) is 9.59 Å². The Balaban J connectivity index is 1.61. The lowest BCUT2D eigenvalue weighted by Crippen LogP contribution is -2.53. The zero-order valence-electron chi connectivity index (χ0n) is 20.7. The van der Waals surface area contributed by atoms with Crippen LogP contribution >= 0.6 is 11.6 Å². The molecule has 1 atom stereocenters. The van der Waals surface area contributed by atoms with Crippen LogP contribution in [0.2, 0.25) is 5.02 Å². The number of amides is 2. The Morgan fingerprint density at radius 1 is 0.972 bits per heavy atom. The summed E-state index contributed by atoms with van der Waals surface area (Å²) in [4.78, 5) is 29.0. The molecular weight excluding hydrogens is 472 g/mol. The van der Waals surface area contributed by atoms with Gasteiger partial charge in [0.15, 0.2) is 6.61 Å². The lowest BCUT2D eigenvalue weighted by molar-refractivity contribution is -0.143. The highest BCUT2D eigenvalue weighted by Gasteiger charge is 2.32. The highest BCUT2D eigenvalue weighted by molar-refractivity contribution is 6.30. The number of hydrogen-bond donors (Lipinski definition) is 1. The Morgan fingerprint density at radius 2 is 1.64 bits per heavy atom. The normalized spacial score (nSPS) is 14.3. The number of benzene rings is 3. The molecule has 6 heteroatoms. The number of carbonyl (C=O) groups excluding carboxylic acids is 2. The minimum atomic E-state index is -0.658. The number of halogens is 1. The molecule has 36 heavy (non-hydrogen) atoms. The Kier molecular flexibility index (Phi) is 9.01. The average molecular weight is 505 g/mol. The van der Waals surface area contributed by atoms with E-state index < -0.39 is 6.04 Å². The maximum absolute atomic E-state index is 13.7. The van der Waals surface area contributed by atoms with Crippen LogP contribution in [-0.4, -0.2) is 35.4 Å². The zero-order valence-corrected chi connectivity index (χ0v) is 21.4. The van der Waals surface area contributed by atoms with Crippen molar-refractivity contribution in [3.63, 3.8) is 0 Å². The molecule has 4 rings (SSSR count). The summed E-state index contributed by atoms with van der Waals surface area (Å²) in [6.45, 7) is 2.17. The molecule has 1 N–H and O–H groups in total. The van der Waals surface area contributed by atoms with Crippen LogP contribution in [0, 0.1) is 6.92 Å². The van der Waals surface area contributed by atoms with Gasteiger partial charge >= 0.3 is 0 Å². The van der Waals surface area contributed by atoms with Gasteiger partial charge in [-0.2, -0.15) is 0 Å². The predicted octanol–water partition coefficient (Wildman–Crippen LogP) is 5.73. The number of nitrogens with one attached hydrogen (secondary N) is 1. The molecular formula is C30H33ClN2O3. The van der Waals surface area contributed by atoms with E-state index >= 15 is 0 Å². The first kappa shape index (κ1) is 25.8. The summed E-state index contributed by atoms with van der Waals surface area (Å²) in [6.07, 6.45) is 4.63. The van der Waals surface area contributed by atoms with E-state index in [0.717, 1.165) is 42.4 Å². The van der Waals surface area contributed by atoms with Crippen LogP contribution in [0.25, 0.3) is 0 Å². The Bertz CT molecular complexity index is 1140. The summed E-state index contributed by atoms with van der Waals surface area (Å²) in [6, 6.07) is 24.2. The van der Waals surface area contributed by atoms with Gasteiger partial charge in [-0.05, 0) is 60.7 Å². The van der Waals surface area contributed by atoms with E-state index in [1.807, 2.05) is 61.5 Å². The van der Waals surface area contributed by atoms with Crippen molar-refractivity contribution in [1.29, 1.82) is 0 Å². The van der Waals surface area contributed by atoms with Crippen LogP contribution in [0.15, 0.2) is 78.9 Å². The topological polar surface area (TPSA) is 58.6 Å². The summed E-state index contributed by atoms with van der Waals surface area (Å²) in [5.41, 5.74) is 3.08. The molecule has 1 saturated carbocycles. The summed E-state index contributed by atoms with van der Waals surface area (Å²) in [5, 5.41) is 3.83. The molecule has 0 bridgehead atoms. The van der Waals surface area contributed by atoms with Gasteiger partial charge in [0.05, 0.1) is 0 Å². The van der Waals surface area contributed by atoms with Gasteiger partial charge in [-0.3, -0.25) is 9.59 Å². The number of ether oxygens (including phenoxy) is 1. The van der Waals surface area contributed by atoms with Crippen LogP contribution in [-0.2, 0) is 22.6 Å². The van der Waals surface area contributed by atoms with Crippen LogP contribution in [0.3, 0.4) is 0 Å². The van der Waals surface area contributed by atoms with Crippen LogP contribution in [0.5, 0.6) is 5.75 Å². The molecule has 0 spiro atoms. The molecule has 1 aliphatic carbocycles. The quantitative estimate of drug-likeness (QED) is 0.384. The predicted molar refractivity (Wildman–Crippen MR) is 143 cm³/mol. The van der Waals surface area contributed by atoms with E-state index in [0.29, 0.717) is 23.7 Å². The third-order valence-electron chi connectivity index (χ3n) is 6.75. The summed E-state index contributed by atoms with van der Waals surface area (Å²) < 4.78 is 5.80. The molecule has 0 unspecified atom stereocenters. The molecule has 0 heterocycles. The largest absolute Gasteiger partial charge is 0.484 e. The SMILES string of the molecule is Cc1ccccc1CN(C(=O)COc1ccc(Cl)cc1)[C@@H](Cc1ccccc1)C(=O)NC1CCCC1. The van der Waals surface area contributed by atoms with Crippen molar-refractivity contribution < 1.29 is 14.3 Å². The Labute approximate surface area is 218 Å². The molecule has 3 aromatic rings. The van der Waals surface area contributed by atoms with Crippen LogP contribution in [0.4, 0.5) is 0 Å². The second-order valence-corrected chi connectivity index (χ2v) is 9.82. The monoisotopic (exact) mass is 504 g/mol. The number of rotatable bonds is 10. The van der Waals surface area contributed by atoms with E-state index in [4.69, 9.17) is 16.3 Å². The van der Waals surface area contributed by atoms with Crippen LogP contribution < -0.4 is 10.1 Å². The molecule has 5 nitrogen and oxygen atoms in total. The van der Waals surface area contributed by atoms with Crippen molar-refractivity contribution in [2.45, 2.75) is 57.7 Å². The second kappa shape index (κ2) is 12.6. The Hall–Kier alpha value is -3.31. The molecule has 0 saturated heterocycles. The third-order valence-corrected chi connectivity index (χ3v) is 7.00. The molecule has 188 valence electrons. The van der Waals surface area contributed by atoms with E-state index in [1.54, 1.807) is 29.2 Å². The summed E-state index contributed by atoms with van der Waals surface area (Å²) >= 11 is 5.98. The molecule has 0 radical (unpaired) electrons. The van der Waals surface area contributed by atoms with Gasteiger partial charge in [0.25, 0.3) is 5.91 Å². The molecule has 0 aliphatic heterocycles. The van der Waals surface area contributed by atoms with Gasteiger partial charge < -0.3 is 15.0 Å². The van der Waals surface area contributed by atoms with Gasteiger partial charge in [0.2, 0.25) is 5.91 Å². The summed E-state index contributed by atoms with van der Waals surface area (Å²) in [5.74, 6) is 0.202. The molecule has 1 fully saturated rings. The fourth-order valence-electron chi connectivity index (χ4n) is 4.65. The Morgan fingerprint density at radius 3 is 2.33 bits per heavy atom. The van der Waals surface area contributed by atoms with Gasteiger partial charge in [0, 0.05) is 24.0 Å². The van der Waals surface area contributed by atoms with Crippen LogP contribution in [0.1, 0.15) is 42.4 Å². The number of nitrogens with zero attached hydrogens (tertiary/aromatic N) is 1. The lowest BCUT2D eigenvalue weighted by atomic mass is 10.0. The smallest absolute Gasteiger partial charge is 0.261 e. The molecule has 1 aliphatic rings. The van der Waals surface area contributed by atoms with Gasteiger partial charge in [-0.1, -0.05) is 79.0 Å². The first-order valence-corrected chi connectivity index (χ1v) is 12.9. The first-order valence-electron chi connectivity index (χ1n) is 12.6.